The summed E-state index contributed by atoms with van der Waals surface area (Å²) in [6, 6.07) is -0.343. The SMILES string of the molecule is Cc1noc(C2(NC(=O)Nc3nc(C(C)(C)C)ns3)CC2)n1. The summed E-state index contributed by atoms with van der Waals surface area (Å²) in [5.74, 6) is 1.72. The minimum Gasteiger partial charge on any atom is -0.337 e. The standard InChI is InChI=1S/C13H18N6O2S/c1-7-14-9(21-18-7)13(5-6-13)17-10(20)16-11-15-8(19-22-11)12(2,3)4/h5-6H2,1-4H3,(H2,15,16,17,19,20). The number of urea groups is 1. The highest BCUT2D eigenvalue weighted by molar-refractivity contribution is 7.09. The summed E-state index contributed by atoms with van der Waals surface area (Å²) in [6.07, 6.45) is 1.57. The zero-order chi connectivity index (χ0) is 16.0. The molecule has 0 aromatic carbocycles. The van der Waals surface area contributed by atoms with Crippen molar-refractivity contribution in [3.8, 4) is 0 Å². The molecule has 0 aliphatic heterocycles. The van der Waals surface area contributed by atoms with Crippen molar-refractivity contribution in [2.45, 2.75) is 51.5 Å². The molecule has 0 spiro atoms. The Labute approximate surface area is 131 Å². The maximum atomic E-state index is 12.1. The Bertz CT molecular complexity index is 697. The molecule has 8 nitrogen and oxygen atoms in total. The minimum absolute atomic E-state index is 0.147. The van der Waals surface area contributed by atoms with Gasteiger partial charge in [-0.05, 0) is 19.8 Å². The number of amides is 2. The van der Waals surface area contributed by atoms with Crippen LogP contribution in [0.5, 0.6) is 0 Å². The van der Waals surface area contributed by atoms with Gasteiger partial charge in [-0.2, -0.15) is 9.36 Å². The zero-order valence-electron chi connectivity index (χ0n) is 12.9. The number of rotatable bonds is 3. The van der Waals surface area contributed by atoms with Crippen molar-refractivity contribution in [2.75, 3.05) is 5.32 Å². The molecule has 9 heteroatoms. The lowest BCUT2D eigenvalue weighted by Gasteiger charge is -2.13. The molecule has 0 unspecified atom stereocenters. The molecule has 1 aliphatic carbocycles. The van der Waals surface area contributed by atoms with Crippen LogP contribution in [0.25, 0.3) is 0 Å². The second kappa shape index (κ2) is 5.01. The lowest BCUT2D eigenvalue weighted by molar-refractivity contribution is 0.241. The topological polar surface area (TPSA) is 106 Å². The van der Waals surface area contributed by atoms with E-state index in [1.807, 2.05) is 20.8 Å². The van der Waals surface area contributed by atoms with Gasteiger partial charge in [0, 0.05) is 16.9 Å². The number of hydrogen-bond donors (Lipinski definition) is 2. The minimum atomic E-state index is -0.539. The van der Waals surface area contributed by atoms with Gasteiger partial charge in [0.1, 0.15) is 11.4 Å². The van der Waals surface area contributed by atoms with Gasteiger partial charge >= 0.3 is 6.03 Å². The van der Waals surface area contributed by atoms with E-state index in [0.717, 1.165) is 12.8 Å². The number of nitrogens with one attached hydrogen (secondary N) is 2. The Hall–Kier alpha value is -2.03. The lowest BCUT2D eigenvalue weighted by atomic mass is 9.96. The molecule has 22 heavy (non-hydrogen) atoms. The van der Waals surface area contributed by atoms with Crippen molar-refractivity contribution in [2.24, 2.45) is 0 Å². The highest BCUT2D eigenvalue weighted by Crippen LogP contribution is 2.44. The second-order valence-electron chi connectivity index (χ2n) is 6.48. The van der Waals surface area contributed by atoms with Gasteiger partial charge in [-0.3, -0.25) is 5.32 Å². The van der Waals surface area contributed by atoms with Crippen molar-refractivity contribution < 1.29 is 9.32 Å². The van der Waals surface area contributed by atoms with Gasteiger partial charge < -0.3 is 9.84 Å². The van der Waals surface area contributed by atoms with Crippen LogP contribution in [0.2, 0.25) is 0 Å². The van der Waals surface area contributed by atoms with Crippen LogP contribution in [-0.4, -0.2) is 25.5 Å². The quantitative estimate of drug-likeness (QED) is 0.898. The fraction of sp³-hybridized carbons (Fsp3) is 0.615. The van der Waals surface area contributed by atoms with E-state index >= 15 is 0 Å². The molecular formula is C13H18N6O2S. The van der Waals surface area contributed by atoms with Crippen LogP contribution in [0.1, 0.15) is 51.2 Å². The van der Waals surface area contributed by atoms with Crippen molar-refractivity contribution in [3.63, 3.8) is 0 Å². The molecule has 0 saturated heterocycles. The number of aryl methyl sites for hydroxylation is 1. The summed E-state index contributed by atoms with van der Waals surface area (Å²) in [4.78, 5) is 20.7. The van der Waals surface area contributed by atoms with Crippen LogP contribution in [0.3, 0.4) is 0 Å². The second-order valence-corrected chi connectivity index (χ2v) is 7.23. The summed E-state index contributed by atoms with van der Waals surface area (Å²) in [6.45, 7) is 7.82. The first-order valence-electron chi connectivity index (χ1n) is 7.03. The van der Waals surface area contributed by atoms with Gasteiger partial charge in [0.2, 0.25) is 5.13 Å². The maximum absolute atomic E-state index is 12.1. The van der Waals surface area contributed by atoms with Crippen molar-refractivity contribution in [1.29, 1.82) is 0 Å². The summed E-state index contributed by atoms with van der Waals surface area (Å²) in [7, 11) is 0. The zero-order valence-corrected chi connectivity index (χ0v) is 13.7. The van der Waals surface area contributed by atoms with E-state index in [1.54, 1.807) is 6.92 Å². The van der Waals surface area contributed by atoms with E-state index in [1.165, 1.54) is 11.5 Å². The van der Waals surface area contributed by atoms with E-state index in [9.17, 15) is 4.79 Å². The third-order valence-electron chi connectivity index (χ3n) is 3.36. The molecule has 118 valence electrons. The van der Waals surface area contributed by atoms with Crippen LogP contribution < -0.4 is 10.6 Å². The number of anilines is 1. The summed E-state index contributed by atoms with van der Waals surface area (Å²) >= 11 is 1.17. The molecule has 2 N–H and O–H groups in total. The highest BCUT2D eigenvalue weighted by Gasteiger charge is 2.51. The number of nitrogens with zero attached hydrogens (tertiary/aromatic N) is 4. The van der Waals surface area contributed by atoms with Crippen molar-refractivity contribution in [1.82, 2.24) is 24.8 Å². The highest BCUT2D eigenvalue weighted by atomic mass is 32.1. The van der Waals surface area contributed by atoms with E-state index in [4.69, 9.17) is 4.52 Å². The Kier molecular flexibility index (Phi) is 3.39. The normalized spacial score (nSPS) is 16.4. The number of aromatic nitrogens is 4. The average molecular weight is 322 g/mol. The van der Waals surface area contributed by atoms with Crippen LogP contribution >= 0.6 is 11.5 Å². The molecule has 2 amide bonds. The molecule has 1 aliphatic rings. The number of hydrogen-bond acceptors (Lipinski definition) is 7. The largest absolute Gasteiger partial charge is 0.337 e. The third-order valence-corrected chi connectivity index (χ3v) is 3.99. The van der Waals surface area contributed by atoms with Gasteiger partial charge in [-0.15, -0.1) is 0 Å². The van der Waals surface area contributed by atoms with Gasteiger partial charge in [0.25, 0.3) is 5.89 Å². The maximum Gasteiger partial charge on any atom is 0.321 e. The summed E-state index contributed by atoms with van der Waals surface area (Å²) in [5.41, 5.74) is -0.686. The number of carbonyl (C=O) groups is 1. The van der Waals surface area contributed by atoms with E-state index in [-0.39, 0.29) is 11.4 Å². The molecule has 2 aromatic rings. The molecule has 0 radical (unpaired) electrons. The predicted octanol–water partition coefficient (Wildman–Crippen LogP) is 2.34. The van der Waals surface area contributed by atoms with E-state index in [2.05, 4.69) is 30.1 Å². The first-order valence-corrected chi connectivity index (χ1v) is 7.80. The molecule has 2 aromatic heterocycles. The van der Waals surface area contributed by atoms with Crippen LogP contribution in [0.4, 0.5) is 9.93 Å². The van der Waals surface area contributed by atoms with Gasteiger partial charge in [0.05, 0.1) is 0 Å². The van der Waals surface area contributed by atoms with Gasteiger partial charge in [-0.25, -0.2) is 9.78 Å². The average Bonchev–Trinajstić information content (AvgIpc) is 2.85. The Morgan fingerprint density at radius 3 is 2.55 bits per heavy atom. The third kappa shape index (κ3) is 2.94. The molecule has 1 saturated carbocycles. The fourth-order valence-electron chi connectivity index (χ4n) is 1.93. The molecule has 0 bridgehead atoms. The Morgan fingerprint density at radius 2 is 2.05 bits per heavy atom. The van der Waals surface area contributed by atoms with Gasteiger partial charge in [0.15, 0.2) is 5.82 Å². The monoisotopic (exact) mass is 322 g/mol. The van der Waals surface area contributed by atoms with Crippen LogP contribution in [0, 0.1) is 6.92 Å². The van der Waals surface area contributed by atoms with Gasteiger partial charge in [-0.1, -0.05) is 25.9 Å². The first-order chi connectivity index (χ1) is 10.3. The smallest absolute Gasteiger partial charge is 0.321 e. The predicted molar refractivity (Wildman–Crippen MR) is 80.7 cm³/mol. The molecule has 0 atom stereocenters. The summed E-state index contributed by atoms with van der Waals surface area (Å²) in [5, 5.41) is 9.84. The molecular weight excluding hydrogens is 304 g/mol. The fourth-order valence-corrected chi connectivity index (χ4v) is 2.69. The van der Waals surface area contributed by atoms with E-state index in [0.29, 0.717) is 22.7 Å². The van der Waals surface area contributed by atoms with Crippen molar-refractivity contribution >= 4 is 22.7 Å². The molecule has 3 rings (SSSR count). The molecule has 1 fully saturated rings. The van der Waals surface area contributed by atoms with Crippen LogP contribution in [0.15, 0.2) is 4.52 Å². The Morgan fingerprint density at radius 1 is 1.32 bits per heavy atom. The van der Waals surface area contributed by atoms with Crippen molar-refractivity contribution in [3.05, 3.63) is 17.5 Å². The lowest BCUT2D eigenvalue weighted by Crippen LogP contribution is -2.38. The first kappa shape index (κ1) is 14.9. The Balaban J connectivity index is 1.65. The summed E-state index contributed by atoms with van der Waals surface area (Å²) < 4.78 is 9.42. The van der Waals surface area contributed by atoms with Crippen LogP contribution in [-0.2, 0) is 11.0 Å². The number of carbonyl (C=O) groups excluding carboxylic acids is 1. The van der Waals surface area contributed by atoms with E-state index < -0.39 is 5.54 Å². The molecule has 2 heterocycles.